The van der Waals surface area contributed by atoms with Crippen LogP contribution in [0.1, 0.15) is 38.5 Å². The van der Waals surface area contributed by atoms with Crippen LogP contribution in [0.2, 0.25) is 0 Å². The van der Waals surface area contributed by atoms with Crippen molar-refractivity contribution in [3.8, 4) is 0 Å². The van der Waals surface area contributed by atoms with Crippen molar-refractivity contribution in [3.63, 3.8) is 0 Å². The molecule has 1 aliphatic carbocycles. The molecule has 1 aliphatic rings. The van der Waals surface area contributed by atoms with Crippen LogP contribution in [0.3, 0.4) is 0 Å². The number of nitrogens with one attached hydrogen (secondary N) is 1. The van der Waals surface area contributed by atoms with Crippen molar-refractivity contribution >= 4 is 11.6 Å². The number of pyridine rings is 1. The number of carbonyl (C=O) groups excluding carboxylic acids is 1. The van der Waals surface area contributed by atoms with Gasteiger partial charge in [0.05, 0.1) is 6.54 Å². The van der Waals surface area contributed by atoms with Crippen molar-refractivity contribution in [1.29, 1.82) is 0 Å². The molecular weight excluding hydrogens is 306 g/mol. The van der Waals surface area contributed by atoms with E-state index in [1.54, 1.807) is 18.3 Å². The van der Waals surface area contributed by atoms with Crippen LogP contribution in [-0.4, -0.2) is 32.7 Å². The Hall–Kier alpha value is -2.15. The molecule has 0 aliphatic heterocycles. The number of nitrogens with two attached hydrogens (primary N) is 1. The second kappa shape index (κ2) is 7.61. The molecule has 130 valence electrons. The van der Waals surface area contributed by atoms with E-state index < -0.39 is 0 Å². The van der Waals surface area contributed by atoms with Gasteiger partial charge in [0.25, 0.3) is 0 Å². The van der Waals surface area contributed by atoms with Crippen LogP contribution < -0.4 is 16.7 Å². The predicted octanol–water partition coefficient (Wildman–Crippen LogP) is 0.910. The Balaban J connectivity index is 1.58. The minimum Gasteiger partial charge on any atom is -0.352 e. The molecule has 0 bridgehead atoms. The molecule has 1 amide bonds. The molecule has 2 aromatic rings. The van der Waals surface area contributed by atoms with E-state index in [0.29, 0.717) is 18.1 Å². The average Bonchev–Trinajstić information content (AvgIpc) is 2.95. The molecule has 1 unspecified atom stereocenters. The molecule has 0 saturated heterocycles. The van der Waals surface area contributed by atoms with Crippen molar-refractivity contribution < 1.29 is 4.79 Å². The van der Waals surface area contributed by atoms with Crippen molar-refractivity contribution in [1.82, 2.24) is 19.5 Å². The van der Waals surface area contributed by atoms with Crippen LogP contribution in [-0.2, 0) is 11.3 Å². The number of hydrogen-bond acceptors (Lipinski definition) is 4. The maximum absolute atomic E-state index is 12.2. The summed E-state index contributed by atoms with van der Waals surface area (Å²) < 4.78 is 2.82. The molecule has 0 spiro atoms. The number of aryl methyl sites for hydroxylation is 1. The third-order valence-electron chi connectivity index (χ3n) is 4.86. The van der Waals surface area contributed by atoms with Gasteiger partial charge in [-0.2, -0.15) is 0 Å². The van der Waals surface area contributed by atoms with Gasteiger partial charge in [-0.25, -0.2) is 9.48 Å². The highest BCUT2D eigenvalue weighted by Gasteiger charge is 2.23. The number of amides is 1. The second-order valence-corrected chi connectivity index (χ2v) is 6.49. The zero-order valence-electron chi connectivity index (χ0n) is 13.9. The van der Waals surface area contributed by atoms with Crippen molar-refractivity contribution in [3.05, 3.63) is 34.9 Å². The summed E-state index contributed by atoms with van der Waals surface area (Å²) in [6.45, 7) is 0.735. The third kappa shape index (κ3) is 3.67. The van der Waals surface area contributed by atoms with Crippen LogP contribution in [0.4, 0.5) is 0 Å². The molecule has 7 nitrogen and oxygen atoms in total. The molecule has 3 N–H and O–H groups in total. The monoisotopic (exact) mass is 331 g/mol. The minimum absolute atomic E-state index is 0.0376. The lowest BCUT2D eigenvalue weighted by atomic mass is 9.84. The normalized spacial score (nSPS) is 17.0. The highest BCUT2D eigenvalue weighted by molar-refractivity contribution is 5.76. The quantitative estimate of drug-likeness (QED) is 0.822. The first-order valence-corrected chi connectivity index (χ1v) is 8.72. The number of carbonyl (C=O) groups is 1. The van der Waals surface area contributed by atoms with E-state index in [1.807, 2.05) is 6.07 Å². The third-order valence-corrected chi connectivity index (χ3v) is 4.86. The van der Waals surface area contributed by atoms with E-state index >= 15 is 0 Å². The summed E-state index contributed by atoms with van der Waals surface area (Å²) >= 11 is 0. The molecule has 7 heteroatoms. The van der Waals surface area contributed by atoms with Crippen LogP contribution in [0.5, 0.6) is 0 Å². The average molecular weight is 331 g/mol. The van der Waals surface area contributed by atoms with Gasteiger partial charge >= 0.3 is 5.69 Å². The minimum atomic E-state index is -0.221. The van der Waals surface area contributed by atoms with E-state index in [0.717, 1.165) is 12.8 Å². The van der Waals surface area contributed by atoms with Crippen LogP contribution in [0.15, 0.2) is 29.2 Å². The molecular formula is C17H25N5O2. The molecule has 3 rings (SSSR count). The Morgan fingerprint density at radius 1 is 1.33 bits per heavy atom. The van der Waals surface area contributed by atoms with Crippen molar-refractivity contribution in [2.24, 2.45) is 11.7 Å². The number of hydrogen-bond donors (Lipinski definition) is 2. The summed E-state index contributed by atoms with van der Waals surface area (Å²) in [4.78, 5) is 24.4. The highest BCUT2D eigenvalue weighted by Crippen LogP contribution is 2.26. The van der Waals surface area contributed by atoms with Crippen molar-refractivity contribution in [2.75, 3.05) is 6.54 Å². The summed E-state index contributed by atoms with van der Waals surface area (Å²) in [5.74, 6) is 0.408. The first-order chi connectivity index (χ1) is 11.7. The standard InChI is InChI=1S/C17H25N5O2/c18-12-14(13-6-2-1-3-7-13)19-16(23)9-11-22-17(24)21-10-5-4-8-15(21)20-22/h4-5,8,10,13-14H,1-3,6-7,9,11-12,18H2,(H,19,23). The summed E-state index contributed by atoms with van der Waals surface area (Å²) in [5.41, 5.74) is 6.22. The maximum Gasteiger partial charge on any atom is 0.350 e. The SMILES string of the molecule is NCC(NC(=O)CCn1nc2ccccn2c1=O)C1CCCCC1. The van der Waals surface area contributed by atoms with E-state index in [4.69, 9.17) is 5.73 Å². The van der Waals surface area contributed by atoms with Crippen LogP contribution >= 0.6 is 0 Å². The fourth-order valence-corrected chi connectivity index (χ4v) is 3.51. The molecule has 1 atom stereocenters. The van der Waals surface area contributed by atoms with Gasteiger partial charge in [0.1, 0.15) is 0 Å². The number of fused-ring (bicyclic) bond motifs is 1. The predicted molar refractivity (Wildman–Crippen MR) is 91.6 cm³/mol. The first-order valence-electron chi connectivity index (χ1n) is 8.72. The highest BCUT2D eigenvalue weighted by atomic mass is 16.2. The van der Waals surface area contributed by atoms with Gasteiger partial charge in [-0.05, 0) is 30.9 Å². The van der Waals surface area contributed by atoms with Gasteiger partial charge in [0.2, 0.25) is 5.91 Å². The Morgan fingerprint density at radius 2 is 2.12 bits per heavy atom. The van der Waals surface area contributed by atoms with E-state index in [9.17, 15) is 9.59 Å². The van der Waals surface area contributed by atoms with Crippen LogP contribution in [0.25, 0.3) is 5.65 Å². The summed E-state index contributed by atoms with van der Waals surface area (Å²) in [6, 6.07) is 5.42. The Bertz CT molecular complexity index is 745. The zero-order valence-corrected chi connectivity index (χ0v) is 13.9. The summed E-state index contributed by atoms with van der Waals surface area (Å²) in [6.07, 6.45) is 7.88. The number of rotatable bonds is 6. The second-order valence-electron chi connectivity index (χ2n) is 6.49. The maximum atomic E-state index is 12.2. The van der Waals surface area contributed by atoms with Gasteiger partial charge in [-0.3, -0.25) is 9.20 Å². The zero-order chi connectivity index (χ0) is 16.9. The van der Waals surface area contributed by atoms with Gasteiger partial charge in [-0.15, -0.1) is 5.10 Å². The van der Waals surface area contributed by atoms with Gasteiger partial charge in [0, 0.05) is 25.2 Å². The first kappa shape index (κ1) is 16.7. The molecule has 0 aromatic carbocycles. The van der Waals surface area contributed by atoms with Crippen LogP contribution in [0, 0.1) is 5.92 Å². The number of nitrogens with zero attached hydrogens (tertiary/aromatic N) is 3. The molecule has 0 radical (unpaired) electrons. The van der Waals surface area contributed by atoms with E-state index in [2.05, 4.69) is 10.4 Å². The number of aromatic nitrogens is 3. The summed E-state index contributed by atoms with van der Waals surface area (Å²) in [7, 11) is 0. The van der Waals surface area contributed by atoms with Crippen molar-refractivity contribution in [2.45, 2.75) is 51.1 Å². The largest absolute Gasteiger partial charge is 0.352 e. The van der Waals surface area contributed by atoms with Gasteiger partial charge in [0.15, 0.2) is 5.65 Å². The Labute approximate surface area is 140 Å². The Morgan fingerprint density at radius 3 is 2.83 bits per heavy atom. The molecule has 2 aromatic heterocycles. The lowest BCUT2D eigenvalue weighted by Crippen LogP contribution is -2.46. The van der Waals surface area contributed by atoms with E-state index in [-0.39, 0.29) is 30.6 Å². The molecule has 2 heterocycles. The Kier molecular flexibility index (Phi) is 5.30. The molecule has 24 heavy (non-hydrogen) atoms. The fourth-order valence-electron chi connectivity index (χ4n) is 3.51. The van der Waals surface area contributed by atoms with E-state index in [1.165, 1.54) is 28.3 Å². The lowest BCUT2D eigenvalue weighted by molar-refractivity contribution is -0.122. The van der Waals surface area contributed by atoms with Gasteiger partial charge in [-0.1, -0.05) is 25.3 Å². The topological polar surface area (TPSA) is 94.4 Å². The lowest BCUT2D eigenvalue weighted by Gasteiger charge is -2.30. The summed E-state index contributed by atoms with van der Waals surface area (Å²) in [5, 5.41) is 7.28. The van der Waals surface area contributed by atoms with Gasteiger partial charge < -0.3 is 11.1 Å². The fraction of sp³-hybridized carbons (Fsp3) is 0.588. The molecule has 1 saturated carbocycles. The smallest absolute Gasteiger partial charge is 0.350 e. The molecule has 1 fully saturated rings.